The van der Waals surface area contributed by atoms with Gasteiger partial charge in [0.05, 0.1) is 11.1 Å². The Kier molecular flexibility index (Phi) is 1.97. The number of hydrogen-bond acceptors (Lipinski definition) is 2. The molecule has 1 aromatic rings. The third kappa shape index (κ3) is 1.18. The van der Waals surface area contributed by atoms with E-state index in [0.717, 1.165) is 40.9 Å². The minimum Gasteiger partial charge on any atom is -0.492 e. The molecule has 0 spiro atoms. The summed E-state index contributed by atoms with van der Waals surface area (Å²) >= 11 is 3.44. The number of rotatable bonds is 0. The third-order valence-electron chi connectivity index (χ3n) is 2.07. The molecular formula is C9H10BrNO. The first kappa shape index (κ1) is 7.92. The van der Waals surface area contributed by atoms with Gasteiger partial charge in [0.1, 0.15) is 5.75 Å². The zero-order valence-corrected chi connectivity index (χ0v) is 8.23. The van der Waals surface area contributed by atoms with E-state index in [1.807, 2.05) is 12.1 Å². The summed E-state index contributed by atoms with van der Waals surface area (Å²) in [6.07, 6.45) is 2.09. The molecule has 0 aromatic heterocycles. The summed E-state index contributed by atoms with van der Waals surface area (Å²) in [6, 6.07) is 3.84. The van der Waals surface area contributed by atoms with Gasteiger partial charge in [0, 0.05) is 11.3 Å². The van der Waals surface area contributed by atoms with Gasteiger partial charge < -0.3 is 10.5 Å². The van der Waals surface area contributed by atoms with Crippen molar-refractivity contribution in [3.63, 3.8) is 0 Å². The molecule has 12 heavy (non-hydrogen) atoms. The lowest BCUT2D eigenvalue weighted by molar-refractivity contribution is 0.287. The van der Waals surface area contributed by atoms with Gasteiger partial charge in [-0.05, 0) is 40.9 Å². The van der Waals surface area contributed by atoms with E-state index < -0.39 is 0 Å². The van der Waals surface area contributed by atoms with Crippen molar-refractivity contribution in [1.82, 2.24) is 0 Å². The number of benzene rings is 1. The van der Waals surface area contributed by atoms with Crippen LogP contribution in [-0.4, -0.2) is 6.61 Å². The predicted octanol–water partition coefficient (Wildman–Crippen LogP) is 2.36. The molecule has 2 nitrogen and oxygen atoms in total. The van der Waals surface area contributed by atoms with Gasteiger partial charge >= 0.3 is 0 Å². The fourth-order valence-electron chi connectivity index (χ4n) is 1.45. The fraction of sp³-hybridized carbons (Fsp3) is 0.333. The smallest absolute Gasteiger partial charge is 0.138 e. The van der Waals surface area contributed by atoms with Crippen LogP contribution in [0.15, 0.2) is 16.6 Å². The monoisotopic (exact) mass is 227 g/mol. The van der Waals surface area contributed by atoms with Crippen molar-refractivity contribution in [2.75, 3.05) is 12.3 Å². The summed E-state index contributed by atoms with van der Waals surface area (Å²) in [7, 11) is 0. The molecule has 0 aliphatic carbocycles. The van der Waals surface area contributed by atoms with Gasteiger partial charge in [-0.15, -0.1) is 0 Å². The summed E-state index contributed by atoms with van der Waals surface area (Å²) in [4.78, 5) is 0. The Morgan fingerprint density at radius 3 is 3.00 bits per heavy atom. The standard InChI is InChI=1S/C9H10BrNO/c10-7-3-4-8(11)6-2-1-5-12-9(6)7/h3-4H,1-2,5,11H2. The van der Waals surface area contributed by atoms with Crippen LogP contribution < -0.4 is 10.5 Å². The first-order valence-corrected chi connectivity index (χ1v) is 4.78. The first-order valence-electron chi connectivity index (χ1n) is 3.98. The van der Waals surface area contributed by atoms with Crippen molar-refractivity contribution < 1.29 is 4.74 Å². The van der Waals surface area contributed by atoms with Crippen molar-refractivity contribution in [3.05, 3.63) is 22.2 Å². The van der Waals surface area contributed by atoms with Crippen LogP contribution in [0.25, 0.3) is 0 Å². The Morgan fingerprint density at radius 1 is 1.42 bits per heavy atom. The highest BCUT2D eigenvalue weighted by atomic mass is 79.9. The van der Waals surface area contributed by atoms with Crippen LogP contribution in [0, 0.1) is 0 Å². The minimum absolute atomic E-state index is 0.801. The molecule has 1 heterocycles. The summed E-state index contributed by atoms with van der Waals surface area (Å²) < 4.78 is 6.51. The molecule has 0 fully saturated rings. The molecule has 0 unspecified atom stereocenters. The number of hydrogen-bond donors (Lipinski definition) is 1. The van der Waals surface area contributed by atoms with E-state index in [0.29, 0.717) is 0 Å². The Balaban J connectivity index is 2.57. The Hall–Kier alpha value is -0.700. The lowest BCUT2D eigenvalue weighted by atomic mass is 10.0. The summed E-state index contributed by atoms with van der Waals surface area (Å²) in [6.45, 7) is 0.801. The Morgan fingerprint density at radius 2 is 2.25 bits per heavy atom. The molecule has 1 aliphatic heterocycles. The van der Waals surface area contributed by atoms with E-state index in [-0.39, 0.29) is 0 Å². The molecule has 2 N–H and O–H groups in total. The summed E-state index contributed by atoms with van der Waals surface area (Å²) in [5.74, 6) is 0.932. The number of nitrogens with two attached hydrogens (primary N) is 1. The largest absolute Gasteiger partial charge is 0.492 e. The summed E-state index contributed by atoms with van der Waals surface area (Å²) in [5, 5.41) is 0. The fourth-order valence-corrected chi connectivity index (χ4v) is 1.94. The highest BCUT2D eigenvalue weighted by Crippen LogP contribution is 2.36. The maximum absolute atomic E-state index is 5.81. The van der Waals surface area contributed by atoms with Gasteiger partial charge in [0.2, 0.25) is 0 Å². The Labute approximate surface area is 79.8 Å². The molecule has 0 atom stereocenters. The van der Waals surface area contributed by atoms with E-state index in [9.17, 15) is 0 Å². The molecular weight excluding hydrogens is 218 g/mol. The molecule has 1 aliphatic rings. The van der Waals surface area contributed by atoms with Crippen LogP contribution in [-0.2, 0) is 6.42 Å². The average Bonchev–Trinajstić information content (AvgIpc) is 2.12. The number of ether oxygens (including phenoxy) is 1. The third-order valence-corrected chi connectivity index (χ3v) is 2.69. The second-order valence-corrected chi connectivity index (χ2v) is 3.75. The van der Waals surface area contributed by atoms with Crippen LogP contribution >= 0.6 is 15.9 Å². The number of halogens is 1. The van der Waals surface area contributed by atoms with Gasteiger partial charge in [0.15, 0.2) is 0 Å². The molecule has 0 saturated carbocycles. The maximum atomic E-state index is 5.81. The van der Waals surface area contributed by atoms with Crippen LogP contribution in [0.1, 0.15) is 12.0 Å². The van der Waals surface area contributed by atoms with Crippen molar-refractivity contribution in [1.29, 1.82) is 0 Å². The maximum Gasteiger partial charge on any atom is 0.138 e. The first-order chi connectivity index (χ1) is 5.79. The van der Waals surface area contributed by atoms with Crippen molar-refractivity contribution >= 4 is 21.6 Å². The zero-order chi connectivity index (χ0) is 8.55. The van der Waals surface area contributed by atoms with E-state index in [2.05, 4.69) is 15.9 Å². The van der Waals surface area contributed by atoms with Crippen LogP contribution in [0.3, 0.4) is 0 Å². The normalized spacial score (nSPS) is 15.1. The molecule has 2 rings (SSSR count). The van der Waals surface area contributed by atoms with Gasteiger partial charge in [-0.3, -0.25) is 0 Å². The molecule has 0 bridgehead atoms. The SMILES string of the molecule is Nc1ccc(Br)c2c1CCCO2. The molecule has 0 radical (unpaired) electrons. The van der Waals surface area contributed by atoms with Crippen molar-refractivity contribution in [3.8, 4) is 5.75 Å². The van der Waals surface area contributed by atoms with Crippen LogP contribution in [0.5, 0.6) is 5.75 Å². The van der Waals surface area contributed by atoms with E-state index in [1.165, 1.54) is 0 Å². The second-order valence-electron chi connectivity index (χ2n) is 2.90. The number of nitrogen functional groups attached to an aromatic ring is 1. The van der Waals surface area contributed by atoms with Crippen LogP contribution in [0.2, 0.25) is 0 Å². The van der Waals surface area contributed by atoms with E-state index in [1.54, 1.807) is 0 Å². The van der Waals surface area contributed by atoms with E-state index in [4.69, 9.17) is 10.5 Å². The molecule has 0 amide bonds. The minimum atomic E-state index is 0.801. The highest BCUT2D eigenvalue weighted by Gasteiger charge is 2.15. The van der Waals surface area contributed by atoms with Crippen molar-refractivity contribution in [2.24, 2.45) is 0 Å². The van der Waals surface area contributed by atoms with Crippen molar-refractivity contribution in [2.45, 2.75) is 12.8 Å². The molecule has 3 heteroatoms. The van der Waals surface area contributed by atoms with Gasteiger partial charge in [-0.2, -0.15) is 0 Å². The lowest BCUT2D eigenvalue weighted by Gasteiger charge is -2.19. The second kappa shape index (κ2) is 2.98. The highest BCUT2D eigenvalue weighted by molar-refractivity contribution is 9.10. The van der Waals surface area contributed by atoms with Gasteiger partial charge in [-0.1, -0.05) is 0 Å². The quantitative estimate of drug-likeness (QED) is 0.691. The van der Waals surface area contributed by atoms with Gasteiger partial charge in [-0.25, -0.2) is 0 Å². The zero-order valence-electron chi connectivity index (χ0n) is 6.64. The van der Waals surface area contributed by atoms with Gasteiger partial charge in [0.25, 0.3) is 0 Å². The average molecular weight is 228 g/mol. The number of anilines is 1. The lowest BCUT2D eigenvalue weighted by Crippen LogP contribution is -2.10. The summed E-state index contributed by atoms with van der Waals surface area (Å²) in [5.41, 5.74) is 7.80. The molecule has 0 saturated heterocycles. The Bertz CT molecular complexity index is 281. The van der Waals surface area contributed by atoms with E-state index >= 15 is 0 Å². The molecule has 64 valence electrons. The predicted molar refractivity (Wildman–Crippen MR) is 52.4 cm³/mol. The van der Waals surface area contributed by atoms with Crippen LogP contribution in [0.4, 0.5) is 5.69 Å². The topological polar surface area (TPSA) is 35.2 Å². The number of fused-ring (bicyclic) bond motifs is 1. The molecule has 1 aromatic carbocycles.